The molecule has 0 aromatic rings. The molecule has 0 bridgehead atoms. The average molecular weight is 184 g/mol. The maximum absolute atomic E-state index is 10.7. The van der Waals surface area contributed by atoms with E-state index in [-0.39, 0.29) is 5.92 Å². The second-order valence-corrected chi connectivity index (χ2v) is 3.42. The molecule has 0 amide bonds. The van der Waals surface area contributed by atoms with Crippen LogP contribution in [-0.2, 0) is 4.79 Å². The molecule has 0 spiro atoms. The highest BCUT2D eigenvalue weighted by molar-refractivity contribution is 5.69. The summed E-state index contributed by atoms with van der Waals surface area (Å²) in [5.41, 5.74) is 1.35. The van der Waals surface area contributed by atoms with E-state index in [9.17, 15) is 4.79 Å². The summed E-state index contributed by atoms with van der Waals surface area (Å²) in [5.74, 6) is -0.828. The highest BCUT2D eigenvalue weighted by Gasteiger charge is 2.12. The van der Waals surface area contributed by atoms with Gasteiger partial charge in [0, 0.05) is 0 Å². The van der Waals surface area contributed by atoms with Crippen molar-refractivity contribution < 1.29 is 9.90 Å². The lowest BCUT2D eigenvalue weighted by molar-refractivity contribution is -0.142. The fraction of sp³-hybridized carbons (Fsp3) is 0.727. The minimum atomic E-state index is -0.662. The van der Waals surface area contributed by atoms with Gasteiger partial charge in [-0.25, -0.2) is 0 Å². The van der Waals surface area contributed by atoms with E-state index < -0.39 is 5.97 Å². The standard InChI is InChI=1S/C11H20O2/c1-4-9(3)7-6-8-10(5-2)11(12)13/h7,10H,4-6,8H2,1-3H3,(H,12,13)/b9-7+. The number of carboxylic acid groups (broad SMARTS) is 1. The summed E-state index contributed by atoms with van der Waals surface area (Å²) in [6.07, 6.45) is 5.59. The summed E-state index contributed by atoms with van der Waals surface area (Å²) in [7, 11) is 0. The Kier molecular flexibility index (Phi) is 6.29. The number of hydrogen-bond donors (Lipinski definition) is 1. The third-order valence-corrected chi connectivity index (χ3v) is 2.41. The molecular formula is C11H20O2. The Morgan fingerprint density at radius 3 is 2.46 bits per heavy atom. The molecule has 0 heterocycles. The zero-order valence-electron chi connectivity index (χ0n) is 8.84. The summed E-state index contributed by atoms with van der Waals surface area (Å²) in [6.45, 7) is 6.12. The van der Waals surface area contributed by atoms with Crippen LogP contribution in [0.2, 0.25) is 0 Å². The molecule has 1 unspecified atom stereocenters. The van der Waals surface area contributed by atoms with Gasteiger partial charge in [0.1, 0.15) is 0 Å². The molecule has 0 aliphatic rings. The van der Waals surface area contributed by atoms with Crippen LogP contribution in [0.25, 0.3) is 0 Å². The predicted molar refractivity (Wildman–Crippen MR) is 54.7 cm³/mol. The quantitative estimate of drug-likeness (QED) is 0.643. The van der Waals surface area contributed by atoms with E-state index >= 15 is 0 Å². The van der Waals surface area contributed by atoms with Crippen LogP contribution in [0.15, 0.2) is 11.6 Å². The minimum Gasteiger partial charge on any atom is -0.481 e. The molecule has 1 atom stereocenters. The molecule has 2 nitrogen and oxygen atoms in total. The number of aliphatic carboxylic acids is 1. The van der Waals surface area contributed by atoms with Gasteiger partial charge in [0.05, 0.1) is 5.92 Å². The van der Waals surface area contributed by atoms with E-state index in [0.717, 1.165) is 25.7 Å². The van der Waals surface area contributed by atoms with Crippen molar-refractivity contribution in [1.29, 1.82) is 0 Å². The zero-order chi connectivity index (χ0) is 10.3. The molecule has 2 heteroatoms. The molecule has 76 valence electrons. The highest BCUT2D eigenvalue weighted by atomic mass is 16.4. The summed E-state index contributed by atoms with van der Waals surface area (Å²) in [4.78, 5) is 10.7. The van der Waals surface area contributed by atoms with Crippen molar-refractivity contribution in [2.75, 3.05) is 0 Å². The monoisotopic (exact) mass is 184 g/mol. The van der Waals surface area contributed by atoms with Crippen molar-refractivity contribution in [2.45, 2.75) is 46.5 Å². The number of allylic oxidation sites excluding steroid dienone is 2. The minimum absolute atomic E-state index is 0.166. The smallest absolute Gasteiger partial charge is 0.306 e. The lowest BCUT2D eigenvalue weighted by atomic mass is 10.00. The molecule has 0 aliphatic carbocycles. The van der Waals surface area contributed by atoms with Crippen molar-refractivity contribution >= 4 is 5.97 Å². The van der Waals surface area contributed by atoms with Crippen LogP contribution < -0.4 is 0 Å². The Labute approximate surface area is 80.7 Å². The van der Waals surface area contributed by atoms with Gasteiger partial charge in [0.2, 0.25) is 0 Å². The first kappa shape index (κ1) is 12.2. The van der Waals surface area contributed by atoms with Gasteiger partial charge < -0.3 is 5.11 Å². The van der Waals surface area contributed by atoms with Gasteiger partial charge in [-0.15, -0.1) is 0 Å². The SMILES string of the molecule is CC/C(C)=C/CCC(CC)C(=O)O. The molecule has 0 rings (SSSR count). The Bertz CT molecular complexity index is 183. The first-order valence-corrected chi connectivity index (χ1v) is 5.00. The number of carbonyl (C=O) groups is 1. The molecule has 0 aromatic carbocycles. The molecule has 0 fully saturated rings. The highest BCUT2D eigenvalue weighted by Crippen LogP contribution is 2.13. The van der Waals surface area contributed by atoms with Crippen molar-refractivity contribution in [3.8, 4) is 0 Å². The van der Waals surface area contributed by atoms with Crippen LogP contribution in [0.1, 0.15) is 46.5 Å². The molecule has 13 heavy (non-hydrogen) atoms. The van der Waals surface area contributed by atoms with Gasteiger partial charge in [-0.3, -0.25) is 4.79 Å². The molecule has 0 aromatic heterocycles. The summed E-state index contributed by atoms with van der Waals surface area (Å²) < 4.78 is 0. The molecule has 0 saturated heterocycles. The van der Waals surface area contributed by atoms with Crippen LogP contribution >= 0.6 is 0 Å². The Hall–Kier alpha value is -0.790. The van der Waals surface area contributed by atoms with E-state index in [0.29, 0.717) is 0 Å². The van der Waals surface area contributed by atoms with Crippen LogP contribution in [0.3, 0.4) is 0 Å². The van der Waals surface area contributed by atoms with E-state index in [2.05, 4.69) is 19.9 Å². The second kappa shape index (κ2) is 6.70. The van der Waals surface area contributed by atoms with Gasteiger partial charge in [0.25, 0.3) is 0 Å². The Morgan fingerprint density at radius 2 is 2.08 bits per heavy atom. The van der Waals surface area contributed by atoms with Crippen molar-refractivity contribution in [2.24, 2.45) is 5.92 Å². The summed E-state index contributed by atoms with van der Waals surface area (Å²) in [6, 6.07) is 0. The third kappa shape index (κ3) is 5.45. The van der Waals surface area contributed by atoms with Crippen LogP contribution in [0, 0.1) is 5.92 Å². The van der Waals surface area contributed by atoms with Crippen molar-refractivity contribution in [1.82, 2.24) is 0 Å². The van der Waals surface area contributed by atoms with Crippen LogP contribution in [0.5, 0.6) is 0 Å². The van der Waals surface area contributed by atoms with Gasteiger partial charge in [0.15, 0.2) is 0 Å². The summed E-state index contributed by atoms with van der Waals surface area (Å²) in [5, 5.41) is 8.77. The van der Waals surface area contributed by atoms with Crippen LogP contribution in [-0.4, -0.2) is 11.1 Å². The van der Waals surface area contributed by atoms with Crippen molar-refractivity contribution in [3.63, 3.8) is 0 Å². The predicted octanol–water partition coefficient (Wildman–Crippen LogP) is 3.23. The largest absolute Gasteiger partial charge is 0.481 e. The van der Waals surface area contributed by atoms with E-state index in [4.69, 9.17) is 5.11 Å². The normalized spacial score (nSPS) is 14.2. The maximum Gasteiger partial charge on any atom is 0.306 e. The van der Waals surface area contributed by atoms with Gasteiger partial charge in [-0.2, -0.15) is 0 Å². The van der Waals surface area contributed by atoms with Gasteiger partial charge in [-0.05, 0) is 32.6 Å². The molecule has 1 N–H and O–H groups in total. The Balaban J connectivity index is 3.79. The maximum atomic E-state index is 10.7. The van der Waals surface area contributed by atoms with E-state index in [1.165, 1.54) is 5.57 Å². The van der Waals surface area contributed by atoms with Gasteiger partial charge in [-0.1, -0.05) is 25.5 Å². The van der Waals surface area contributed by atoms with E-state index in [1.807, 2.05) is 6.92 Å². The molecule has 0 radical (unpaired) electrons. The lowest BCUT2D eigenvalue weighted by Gasteiger charge is -2.07. The number of carboxylic acids is 1. The summed E-state index contributed by atoms with van der Waals surface area (Å²) >= 11 is 0. The average Bonchev–Trinajstić information content (AvgIpc) is 2.11. The molecule has 0 saturated carbocycles. The molecule has 0 aliphatic heterocycles. The van der Waals surface area contributed by atoms with Crippen molar-refractivity contribution in [3.05, 3.63) is 11.6 Å². The zero-order valence-corrected chi connectivity index (χ0v) is 8.84. The second-order valence-electron chi connectivity index (χ2n) is 3.42. The first-order valence-electron chi connectivity index (χ1n) is 5.00. The first-order chi connectivity index (χ1) is 6.11. The topological polar surface area (TPSA) is 37.3 Å². The fourth-order valence-corrected chi connectivity index (χ4v) is 1.18. The molecular weight excluding hydrogens is 164 g/mol. The van der Waals surface area contributed by atoms with E-state index in [1.54, 1.807) is 0 Å². The fourth-order valence-electron chi connectivity index (χ4n) is 1.18. The number of rotatable bonds is 6. The van der Waals surface area contributed by atoms with Crippen LogP contribution in [0.4, 0.5) is 0 Å². The van der Waals surface area contributed by atoms with Gasteiger partial charge >= 0.3 is 5.97 Å². The third-order valence-electron chi connectivity index (χ3n) is 2.41. The Morgan fingerprint density at radius 1 is 1.46 bits per heavy atom. The number of hydrogen-bond acceptors (Lipinski definition) is 1. The lowest BCUT2D eigenvalue weighted by Crippen LogP contribution is -2.11.